The predicted molar refractivity (Wildman–Crippen MR) is 85.3 cm³/mol. The highest BCUT2D eigenvalue weighted by Gasteiger charge is 2.22. The molecule has 2 aromatic rings. The van der Waals surface area contributed by atoms with Crippen LogP contribution in [0.5, 0.6) is 0 Å². The molecule has 0 spiro atoms. The van der Waals surface area contributed by atoms with Crippen molar-refractivity contribution in [1.82, 2.24) is 10.3 Å². The summed E-state index contributed by atoms with van der Waals surface area (Å²) in [6.07, 6.45) is 1.17. The summed E-state index contributed by atoms with van der Waals surface area (Å²) in [5.74, 6) is -3.50. The van der Waals surface area contributed by atoms with E-state index in [1.54, 1.807) is 18.3 Å². The monoisotopic (exact) mass is 398 g/mol. The number of carboxylic acid groups (broad SMARTS) is 1. The molecule has 1 aromatic heterocycles. The number of carbonyl (C=O) groups excluding carboxylic acids is 1. The molecule has 126 valence electrons. The number of aliphatic carboxylic acids is 1. The number of nitrogens with zero attached hydrogens (tertiary/aromatic N) is 1. The topological polar surface area (TPSA) is 79.3 Å². The molecule has 0 radical (unpaired) electrons. The van der Waals surface area contributed by atoms with E-state index in [2.05, 4.69) is 26.2 Å². The molecular formula is C16H13BrF2N2O3. The number of pyridine rings is 1. The molecule has 1 aromatic carbocycles. The van der Waals surface area contributed by atoms with Gasteiger partial charge in [-0.05, 0) is 39.2 Å². The van der Waals surface area contributed by atoms with Crippen molar-refractivity contribution in [3.63, 3.8) is 0 Å². The maximum absolute atomic E-state index is 13.6. The Hall–Kier alpha value is -2.35. The Morgan fingerprint density at radius 3 is 2.62 bits per heavy atom. The molecule has 1 amide bonds. The Bertz CT molecular complexity index is 771. The number of halogens is 3. The van der Waals surface area contributed by atoms with E-state index in [0.717, 1.165) is 12.1 Å². The quantitative estimate of drug-likeness (QED) is 0.732. The molecule has 0 fully saturated rings. The molecule has 2 N–H and O–H groups in total. The van der Waals surface area contributed by atoms with Crippen LogP contribution in [-0.2, 0) is 22.4 Å². The standard InChI is InChI=1S/C16H13BrF2N2O3/c17-15-10(2-1-5-20-15)6-13(16(23)24)21-14(22)7-9-3-4-11(18)8-12(9)19/h1-5,8,13H,6-7H2,(H,21,22)(H,23,24)/t13-/m0/s1. The third-order valence-corrected chi connectivity index (χ3v) is 3.97. The number of nitrogens with one attached hydrogen (secondary N) is 1. The molecule has 0 aliphatic carbocycles. The molecule has 1 heterocycles. The lowest BCUT2D eigenvalue weighted by molar-refractivity contribution is -0.141. The fraction of sp³-hybridized carbons (Fsp3) is 0.188. The summed E-state index contributed by atoms with van der Waals surface area (Å²) >= 11 is 3.21. The number of carbonyl (C=O) groups is 2. The molecular weight excluding hydrogens is 386 g/mol. The van der Waals surface area contributed by atoms with Crippen molar-refractivity contribution in [3.8, 4) is 0 Å². The Labute approximate surface area is 144 Å². The van der Waals surface area contributed by atoms with Crippen LogP contribution in [0.3, 0.4) is 0 Å². The van der Waals surface area contributed by atoms with Gasteiger partial charge in [-0.1, -0.05) is 12.1 Å². The zero-order valence-corrected chi connectivity index (χ0v) is 13.9. The van der Waals surface area contributed by atoms with Gasteiger partial charge in [0.2, 0.25) is 5.91 Å². The normalized spacial score (nSPS) is 11.8. The summed E-state index contributed by atoms with van der Waals surface area (Å²) in [5.41, 5.74) is 0.596. The van der Waals surface area contributed by atoms with Crippen molar-refractivity contribution < 1.29 is 23.5 Å². The van der Waals surface area contributed by atoms with E-state index in [1.165, 1.54) is 0 Å². The Morgan fingerprint density at radius 2 is 2.00 bits per heavy atom. The van der Waals surface area contributed by atoms with Crippen molar-refractivity contribution >= 4 is 27.8 Å². The van der Waals surface area contributed by atoms with Gasteiger partial charge < -0.3 is 10.4 Å². The Balaban J connectivity index is 2.06. The van der Waals surface area contributed by atoms with Crippen molar-refractivity contribution in [3.05, 3.63) is 63.9 Å². The minimum absolute atomic E-state index is 0.0133. The number of rotatable bonds is 6. The molecule has 0 unspecified atom stereocenters. The van der Waals surface area contributed by atoms with Crippen molar-refractivity contribution in [1.29, 1.82) is 0 Å². The molecule has 0 aliphatic heterocycles. The van der Waals surface area contributed by atoms with Gasteiger partial charge in [-0.15, -0.1) is 0 Å². The van der Waals surface area contributed by atoms with Crippen LogP contribution in [0.25, 0.3) is 0 Å². The maximum Gasteiger partial charge on any atom is 0.326 e. The second-order valence-corrected chi connectivity index (χ2v) is 5.78. The lowest BCUT2D eigenvalue weighted by Gasteiger charge is -2.15. The molecule has 24 heavy (non-hydrogen) atoms. The van der Waals surface area contributed by atoms with Gasteiger partial charge in [0.25, 0.3) is 0 Å². The van der Waals surface area contributed by atoms with Gasteiger partial charge in [0.05, 0.1) is 6.42 Å². The molecule has 0 saturated heterocycles. The fourth-order valence-electron chi connectivity index (χ4n) is 2.07. The highest BCUT2D eigenvalue weighted by Crippen LogP contribution is 2.15. The van der Waals surface area contributed by atoms with Crippen molar-refractivity contribution in [2.24, 2.45) is 0 Å². The van der Waals surface area contributed by atoms with E-state index in [1.807, 2.05) is 0 Å². The average molecular weight is 399 g/mol. The second kappa shape index (κ2) is 7.96. The molecule has 2 rings (SSSR count). The third-order valence-electron chi connectivity index (χ3n) is 3.26. The van der Waals surface area contributed by atoms with Gasteiger partial charge in [-0.3, -0.25) is 4.79 Å². The highest BCUT2D eigenvalue weighted by molar-refractivity contribution is 9.10. The average Bonchev–Trinajstić information content (AvgIpc) is 2.51. The molecule has 0 saturated carbocycles. The van der Waals surface area contributed by atoms with Crippen LogP contribution in [0, 0.1) is 11.6 Å². The summed E-state index contributed by atoms with van der Waals surface area (Å²) < 4.78 is 26.9. The predicted octanol–water partition coefficient (Wildman–Crippen LogP) is 2.48. The Morgan fingerprint density at radius 1 is 1.25 bits per heavy atom. The lowest BCUT2D eigenvalue weighted by Crippen LogP contribution is -2.43. The van der Waals surface area contributed by atoms with Crippen LogP contribution in [0.15, 0.2) is 41.1 Å². The van der Waals surface area contributed by atoms with Crippen molar-refractivity contribution in [2.45, 2.75) is 18.9 Å². The number of carboxylic acids is 1. The van der Waals surface area contributed by atoms with Crippen LogP contribution in [-0.4, -0.2) is 28.0 Å². The number of hydrogen-bond acceptors (Lipinski definition) is 3. The van der Waals surface area contributed by atoms with E-state index < -0.39 is 29.6 Å². The lowest BCUT2D eigenvalue weighted by atomic mass is 10.1. The molecule has 0 bridgehead atoms. The molecule has 1 atom stereocenters. The summed E-state index contributed by atoms with van der Waals surface area (Å²) in [6.45, 7) is 0. The van der Waals surface area contributed by atoms with E-state index in [0.29, 0.717) is 16.2 Å². The first-order chi connectivity index (χ1) is 11.4. The minimum atomic E-state index is -1.22. The van der Waals surface area contributed by atoms with Gasteiger partial charge in [0, 0.05) is 18.7 Å². The van der Waals surface area contributed by atoms with E-state index in [-0.39, 0.29) is 18.4 Å². The zero-order chi connectivity index (χ0) is 17.7. The van der Waals surface area contributed by atoms with E-state index >= 15 is 0 Å². The minimum Gasteiger partial charge on any atom is -0.480 e. The first-order valence-corrected chi connectivity index (χ1v) is 7.71. The summed E-state index contributed by atoms with van der Waals surface area (Å²) in [5, 5.41) is 11.6. The van der Waals surface area contributed by atoms with Crippen LogP contribution in [0.1, 0.15) is 11.1 Å². The van der Waals surface area contributed by atoms with Gasteiger partial charge in [0.15, 0.2) is 0 Å². The summed E-state index contributed by atoms with van der Waals surface area (Å²) in [4.78, 5) is 27.3. The van der Waals surface area contributed by atoms with Gasteiger partial charge in [-0.25, -0.2) is 18.6 Å². The van der Waals surface area contributed by atoms with Gasteiger partial charge >= 0.3 is 5.97 Å². The van der Waals surface area contributed by atoms with E-state index in [9.17, 15) is 23.5 Å². The summed E-state index contributed by atoms with van der Waals surface area (Å²) in [6, 6.07) is 4.99. The van der Waals surface area contributed by atoms with Crippen LogP contribution in [0.4, 0.5) is 8.78 Å². The number of aromatic nitrogens is 1. The van der Waals surface area contributed by atoms with Crippen molar-refractivity contribution in [2.75, 3.05) is 0 Å². The largest absolute Gasteiger partial charge is 0.480 e. The number of benzene rings is 1. The highest BCUT2D eigenvalue weighted by atomic mass is 79.9. The maximum atomic E-state index is 13.6. The van der Waals surface area contributed by atoms with E-state index in [4.69, 9.17) is 0 Å². The number of amides is 1. The van der Waals surface area contributed by atoms with Crippen LogP contribution < -0.4 is 5.32 Å². The fourth-order valence-corrected chi connectivity index (χ4v) is 2.49. The number of hydrogen-bond donors (Lipinski definition) is 2. The van der Waals surface area contributed by atoms with Crippen LogP contribution in [0.2, 0.25) is 0 Å². The third kappa shape index (κ3) is 4.82. The molecule has 0 aliphatic rings. The molecule has 5 nitrogen and oxygen atoms in total. The van der Waals surface area contributed by atoms with Gasteiger partial charge in [0.1, 0.15) is 22.3 Å². The molecule has 8 heteroatoms. The first-order valence-electron chi connectivity index (χ1n) is 6.92. The first kappa shape index (κ1) is 18.0. The SMILES string of the molecule is O=C(Cc1ccc(F)cc1F)N[C@@H](Cc1cccnc1Br)C(=O)O. The van der Waals surface area contributed by atoms with Gasteiger partial charge in [-0.2, -0.15) is 0 Å². The zero-order valence-electron chi connectivity index (χ0n) is 12.3. The van der Waals surface area contributed by atoms with Crippen LogP contribution >= 0.6 is 15.9 Å². The second-order valence-electron chi connectivity index (χ2n) is 5.03. The smallest absolute Gasteiger partial charge is 0.326 e. The summed E-state index contributed by atoms with van der Waals surface area (Å²) in [7, 11) is 0. The Kier molecular flexibility index (Phi) is 5.97.